The summed E-state index contributed by atoms with van der Waals surface area (Å²) in [6, 6.07) is 12.6. The van der Waals surface area contributed by atoms with Crippen LogP contribution < -0.4 is 15.5 Å². The number of hydrogen-bond acceptors (Lipinski definition) is 4. The van der Waals surface area contributed by atoms with E-state index in [4.69, 9.17) is 28.8 Å². The average Bonchev–Trinajstić information content (AvgIpc) is 3.22. The minimum atomic E-state index is 0.132. The van der Waals surface area contributed by atoms with E-state index >= 15 is 0 Å². The number of nitrogens with one attached hydrogen (secondary N) is 2. The fraction of sp³-hybridized carbons (Fsp3) is 0.542. The smallest absolute Gasteiger partial charge is 0.232 e. The van der Waals surface area contributed by atoms with Gasteiger partial charge in [0.25, 0.3) is 0 Å². The first kappa shape index (κ1) is 22.3. The van der Waals surface area contributed by atoms with Crippen LogP contribution in [0.15, 0.2) is 36.4 Å². The molecule has 0 bridgehead atoms. The third kappa shape index (κ3) is 5.47. The van der Waals surface area contributed by atoms with E-state index in [0.717, 1.165) is 25.5 Å². The van der Waals surface area contributed by atoms with Crippen molar-refractivity contribution >= 4 is 40.7 Å². The van der Waals surface area contributed by atoms with E-state index in [9.17, 15) is 0 Å². The fourth-order valence-electron chi connectivity index (χ4n) is 5.28. The standard InChI is InChI=1S/C24H32ClN5S/c1-17-12-18(2)15-30(14-17)21-13-20(25)27-22(28-21)29-23(31)26-16-24(10-6-7-11-24)19-8-4-3-5-9-19/h3-5,8-9,13,17-18H,6-7,10-12,14-16H2,1-2H3,(H2,26,27,28,29,31). The molecular formula is C24H32ClN5S. The number of nitrogens with zero attached hydrogens (tertiary/aromatic N) is 3. The van der Waals surface area contributed by atoms with Crippen LogP contribution in [0.25, 0.3) is 0 Å². The summed E-state index contributed by atoms with van der Waals surface area (Å²) in [6.45, 7) is 7.35. The lowest BCUT2D eigenvalue weighted by atomic mass is 9.79. The highest BCUT2D eigenvalue weighted by Gasteiger charge is 2.35. The Morgan fingerprint density at radius 3 is 2.48 bits per heavy atom. The van der Waals surface area contributed by atoms with E-state index in [2.05, 4.69) is 64.7 Å². The number of halogens is 1. The molecule has 0 radical (unpaired) electrons. The predicted molar refractivity (Wildman–Crippen MR) is 133 cm³/mol. The van der Waals surface area contributed by atoms with E-state index in [1.54, 1.807) is 0 Å². The highest BCUT2D eigenvalue weighted by atomic mass is 35.5. The highest BCUT2D eigenvalue weighted by molar-refractivity contribution is 7.80. The number of thiocarbonyl (C=S) groups is 1. The summed E-state index contributed by atoms with van der Waals surface area (Å²) >= 11 is 11.9. The molecule has 2 unspecified atom stereocenters. The quantitative estimate of drug-likeness (QED) is 0.462. The maximum absolute atomic E-state index is 6.33. The molecule has 1 aliphatic heterocycles. The zero-order valence-corrected chi connectivity index (χ0v) is 20.0. The largest absolute Gasteiger partial charge is 0.361 e. The van der Waals surface area contributed by atoms with Crippen molar-refractivity contribution in [3.05, 3.63) is 47.1 Å². The third-order valence-corrected chi connectivity index (χ3v) is 7.07. The molecule has 1 saturated heterocycles. The first-order valence-corrected chi connectivity index (χ1v) is 12.1. The molecule has 0 amide bonds. The molecule has 31 heavy (non-hydrogen) atoms. The van der Waals surface area contributed by atoms with Gasteiger partial charge in [0.05, 0.1) is 0 Å². The first-order chi connectivity index (χ1) is 14.9. The molecule has 1 aliphatic carbocycles. The van der Waals surface area contributed by atoms with Crippen LogP contribution in [0.1, 0.15) is 51.5 Å². The van der Waals surface area contributed by atoms with Gasteiger partial charge in [0, 0.05) is 31.1 Å². The normalized spacial score (nSPS) is 22.9. The molecule has 1 saturated carbocycles. The minimum Gasteiger partial charge on any atom is -0.361 e. The second-order valence-electron chi connectivity index (χ2n) is 9.38. The summed E-state index contributed by atoms with van der Waals surface area (Å²) in [6.07, 6.45) is 6.11. The molecular weight excluding hydrogens is 426 g/mol. The Bertz CT molecular complexity index is 890. The summed E-state index contributed by atoms with van der Waals surface area (Å²) in [7, 11) is 0. The Morgan fingerprint density at radius 2 is 1.81 bits per heavy atom. The van der Waals surface area contributed by atoms with Crippen LogP contribution in [0.5, 0.6) is 0 Å². The molecule has 2 atom stereocenters. The summed E-state index contributed by atoms with van der Waals surface area (Å²) < 4.78 is 0. The topological polar surface area (TPSA) is 53.1 Å². The van der Waals surface area contributed by atoms with Crippen molar-refractivity contribution in [2.45, 2.75) is 51.4 Å². The lowest BCUT2D eigenvalue weighted by Crippen LogP contribution is -2.41. The number of hydrogen-bond donors (Lipinski definition) is 2. The van der Waals surface area contributed by atoms with Crippen LogP contribution in [0.4, 0.5) is 11.8 Å². The molecule has 2 heterocycles. The molecule has 2 fully saturated rings. The number of aromatic nitrogens is 2. The maximum atomic E-state index is 6.33. The van der Waals surface area contributed by atoms with Gasteiger partial charge < -0.3 is 15.5 Å². The van der Waals surface area contributed by atoms with Crippen molar-refractivity contribution in [1.29, 1.82) is 0 Å². The first-order valence-electron chi connectivity index (χ1n) is 11.3. The Balaban J connectivity index is 1.42. The highest BCUT2D eigenvalue weighted by Crippen LogP contribution is 2.40. The zero-order chi connectivity index (χ0) is 21.8. The predicted octanol–water partition coefficient (Wildman–Crippen LogP) is 5.41. The molecule has 1 aromatic heterocycles. The summed E-state index contributed by atoms with van der Waals surface area (Å²) in [4.78, 5) is 11.4. The molecule has 2 aliphatic rings. The SMILES string of the molecule is CC1CC(C)CN(c2cc(Cl)nc(NC(=S)NCC3(c4ccccc4)CCCC3)n2)C1. The van der Waals surface area contributed by atoms with Gasteiger partial charge in [-0.05, 0) is 48.9 Å². The molecule has 2 N–H and O–H groups in total. The van der Waals surface area contributed by atoms with Gasteiger partial charge in [0.2, 0.25) is 5.95 Å². The van der Waals surface area contributed by atoms with Gasteiger partial charge in [-0.3, -0.25) is 0 Å². The van der Waals surface area contributed by atoms with Gasteiger partial charge in [-0.1, -0.05) is 68.6 Å². The molecule has 4 rings (SSSR count). The van der Waals surface area contributed by atoms with Crippen LogP contribution >= 0.6 is 23.8 Å². The average molecular weight is 458 g/mol. The summed E-state index contributed by atoms with van der Waals surface area (Å²) in [5.74, 6) is 2.58. The number of rotatable bonds is 5. The molecule has 0 spiro atoms. The Labute approximate surface area is 196 Å². The lowest BCUT2D eigenvalue weighted by Gasteiger charge is -2.35. The molecule has 5 nitrogen and oxygen atoms in total. The molecule has 1 aromatic carbocycles. The van der Waals surface area contributed by atoms with Gasteiger partial charge in [-0.2, -0.15) is 4.98 Å². The molecule has 2 aromatic rings. The van der Waals surface area contributed by atoms with Crippen LogP contribution in [0.3, 0.4) is 0 Å². The number of benzene rings is 1. The van der Waals surface area contributed by atoms with Crippen LogP contribution in [-0.4, -0.2) is 34.7 Å². The van der Waals surface area contributed by atoms with Crippen molar-refractivity contribution < 1.29 is 0 Å². The Morgan fingerprint density at radius 1 is 1.13 bits per heavy atom. The number of anilines is 2. The minimum absolute atomic E-state index is 0.132. The van der Waals surface area contributed by atoms with Crippen molar-refractivity contribution in [2.75, 3.05) is 29.9 Å². The van der Waals surface area contributed by atoms with Crippen LogP contribution in [-0.2, 0) is 5.41 Å². The summed E-state index contributed by atoms with van der Waals surface area (Å²) in [5.41, 5.74) is 1.52. The summed E-state index contributed by atoms with van der Waals surface area (Å²) in [5, 5.41) is 7.56. The van der Waals surface area contributed by atoms with Gasteiger partial charge in [-0.25, -0.2) is 4.98 Å². The van der Waals surface area contributed by atoms with E-state index in [1.165, 1.54) is 37.7 Å². The van der Waals surface area contributed by atoms with Gasteiger partial charge in [-0.15, -0.1) is 0 Å². The maximum Gasteiger partial charge on any atom is 0.232 e. The second kappa shape index (κ2) is 9.70. The second-order valence-corrected chi connectivity index (χ2v) is 10.2. The fourth-order valence-corrected chi connectivity index (χ4v) is 5.62. The van der Waals surface area contributed by atoms with Crippen LogP contribution in [0.2, 0.25) is 5.15 Å². The van der Waals surface area contributed by atoms with Crippen molar-refractivity contribution in [3.63, 3.8) is 0 Å². The Hall–Kier alpha value is -1.92. The van der Waals surface area contributed by atoms with Gasteiger partial charge in [0.1, 0.15) is 11.0 Å². The van der Waals surface area contributed by atoms with E-state index in [1.807, 2.05) is 6.07 Å². The molecule has 166 valence electrons. The van der Waals surface area contributed by atoms with E-state index in [-0.39, 0.29) is 5.41 Å². The van der Waals surface area contributed by atoms with Crippen molar-refractivity contribution in [1.82, 2.24) is 15.3 Å². The van der Waals surface area contributed by atoms with Gasteiger partial charge in [0.15, 0.2) is 5.11 Å². The third-order valence-electron chi connectivity index (χ3n) is 6.63. The van der Waals surface area contributed by atoms with Crippen molar-refractivity contribution in [2.24, 2.45) is 11.8 Å². The van der Waals surface area contributed by atoms with Gasteiger partial charge >= 0.3 is 0 Å². The van der Waals surface area contributed by atoms with Crippen LogP contribution in [0, 0.1) is 11.8 Å². The number of piperidine rings is 1. The monoisotopic (exact) mass is 457 g/mol. The van der Waals surface area contributed by atoms with E-state index < -0.39 is 0 Å². The Kier molecular flexibility index (Phi) is 6.97. The van der Waals surface area contributed by atoms with Crippen molar-refractivity contribution in [3.8, 4) is 0 Å². The lowest BCUT2D eigenvalue weighted by molar-refractivity contribution is 0.355. The molecule has 7 heteroatoms. The zero-order valence-electron chi connectivity index (χ0n) is 18.4. The van der Waals surface area contributed by atoms with E-state index in [0.29, 0.717) is 28.0 Å².